The smallest absolute Gasteiger partial charge is 0.331 e. The Morgan fingerprint density at radius 1 is 1.00 bits per heavy atom. The molecule has 0 saturated carbocycles. The Bertz CT molecular complexity index is 1150. The van der Waals surface area contributed by atoms with Gasteiger partial charge >= 0.3 is 6.03 Å². The van der Waals surface area contributed by atoms with E-state index in [0.29, 0.717) is 23.7 Å². The first-order valence-electron chi connectivity index (χ1n) is 9.39. The highest BCUT2D eigenvalue weighted by Gasteiger charge is 2.36. The zero-order valence-corrected chi connectivity index (χ0v) is 18.4. The van der Waals surface area contributed by atoms with Gasteiger partial charge in [0, 0.05) is 9.13 Å². The molecule has 0 radical (unpaired) electrons. The summed E-state index contributed by atoms with van der Waals surface area (Å²) in [6.07, 6.45) is 2.88. The van der Waals surface area contributed by atoms with E-state index < -0.39 is 17.8 Å². The minimum Gasteiger partial charge on any atom is -0.488 e. The van der Waals surface area contributed by atoms with E-state index in [2.05, 4.69) is 27.9 Å². The topological polar surface area (TPSA) is 88.9 Å². The van der Waals surface area contributed by atoms with Gasteiger partial charge in [0.15, 0.2) is 0 Å². The molecule has 156 valence electrons. The van der Waals surface area contributed by atoms with Crippen LogP contribution >= 0.6 is 22.6 Å². The summed E-state index contributed by atoms with van der Waals surface area (Å²) < 4.78 is 12.3. The van der Waals surface area contributed by atoms with Crippen molar-refractivity contribution >= 4 is 46.5 Å². The maximum atomic E-state index is 12.9. The molecular formula is C23H17IN2O5. The van der Waals surface area contributed by atoms with Crippen LogP contribution in [0.4, 0.5) is 4.79 Å². The third kappa shape index (κ3) is 4.85. The van der Waals surface area contributed by atoms with E-state index in [9.17, 15) is 14.4 Å². The second kappa shape index (κ2) is 9.17. The predicted octanol–water partition coefficient (Wildman–Crippen LogP) is 4.13. The first-order chi connectivity index (χ1) is 15.0. The summed E-state index contributed by atoms with van der Waals surface area (Å²) in [4.78, 5) is 38.4. The number of furan rings is 1. The summed E-state index contributed by atoms with van der Waals surface area (Å²) in [5.41, 5.74) is 1.39. The summed E-state index contributed by atoms with van der Waals surface area (Å²) in [6, 6.07) is 17.5. The van der Waals surface area contributed by atoms with Crippen LogP contribution in [0.15, 0.2) is 76.9 Å². The lowest BCUT2D eigenvalue weighted by Crippen LogP contribution is -2.53. The van der Waals surface area contributed by atoms with E-state index in [-0.39, 0.29) is 12.1 Å². The van der Waals surface area contributed by atoms with Crippen molar-refractivity contribution in [1.29, 1.82) is 0 Å². The van der Waals surface area contributed by atoms with E-state index in [1.807, 2.05) is 24.3 Å². The number of rotatable bonds is 6. The number of halogens is 1. The SMILES string of the molecule is O=C1NC(=O)N(Cc2ccco2)C(=O)/C1=C/c1ccccc1OCc1ccc(I)cc1. The molecule has 2 aromatic carbocycles. The number of nitrogens with one attached hydrogen (secondary N) is 1. The molecule has 1 saturated heterocycles. The van der Waals surface area contributed by atoms with Crippen LogP contribution in [-0.4, -0.2) is 22.7 Å². The largest absolute Gasteiger partial charge is 0.488 e. The number of urea groups is 1. The second-order valence-electron chi connectivity index (χ2n) is 6.74. The lowest BCUT2D eigenvalue weighted by atomic mass is 10.1. The number of hydrogen-bond donors (Lipinski definition) is 1. The zero-order chi connectivity index (χ0) is 21.8. The number of ether oxygens (including phenoxy) is 1. The molecule has 1 aromatic heterocycles. The molecule has 2 heterocycles. The maximum absolute atomic E-state index is 12.9. The van der Waals surface area contributed by atoms with Gasteiger partial charge in [0.2, 0.25) is 0 Å². The minimum absolute atomic E-state index is 0.0762. The van der Waals surface area contributed by atoms with Gasteiger partial charge in [0.25, 0.3) is 11.8 Å². The maximum Gasteiger partial charge on any atom is 0.331 e. The Labute approximate surface area is 191 Å². The van der Waals surface area contributed by atoms with Gasteiger partial charge in [0.05, 0.1) is 12.8 Å². The summed E-state index contributed by atoms with van der Waals surface area (Å²) >= 11 is 2.23. The summed E-state index contributed by atoms with van der Waals surface area (Å²) in [5.74, 6) is -0.502. The first-order valence-corrected chi connectivity index (χ1v) is 10.5. The fourth-order valence-corrected chi connectivity index (χ4v) is 3.38. The van der Waals surface area contributed by atoms with E-state index in [1.54, 1.807) is 36.4 Å². The molecule has 4 amide bonds. The highest BCUT2D eigenvalue weighted by Crippen LogP contribution is 2.24. The van der Waals surface area contributed by atoms with Gasteiger partial charge in [-0.25, -0.2) is 4.79 Å². The number of benzene rings is 2. The molecule has 0 atom stereocenters. The normalized spacial score (nSPS) is 15.3. The van der Waals surface area contributed by atoms with Crippen molar-refractivity contribution in [2.24, 2.45) is 0 Å². The summed E-state index contributed by atoms with van der Waals surface area (Å²) in [7, 11) is 0. The average Bonchev–Trinajstić information content (AvgIpc) is 3.28. The fraction of sp³-hybridized carbons (Fsp3) is 0.0870. The number of carbonyl (C=O) groups is 3. The standard InChI is InChI=1S/C23H17IN2O5/c24-17-9-7-15(8-10-17)14-31-20-6-2-1-4-16(20)12-19-21(27)25-23(29)26(22(19)28)13-18-5-3-11-30-18/h1-12H,13-14H2,(H,25,27,29)/b19-12+. The minimum atomic E-state index is -0.785. The number of carbonyl (C=O) groups excluding carboxylic acids is 3. The number of barbiturate groups is 1. The quantitative estimate of drug-likeness (QED) is 0.296. The lowest BCUT2D eigenvalue weighted by Gasteiger charge is -2.25. The lowest BCUT2D eigenvalue weighted by molar-refractivity contribution is -0.130. The molecule has 7 nitrogen and oxygen atoms in total. The highest BCUT2D eigenvalue weighted by molar-refractivity contribution is 14.1. The van der Waals surface area contributed by atoms with Crippen molar-refractivity contribution in [2.75, 3.05) is 0 Å². The van der Waals surface area contributed by atoms with Crippen LogP contribution < -0.4 is 10.1 Å². The molecular weight excluding hydrogens is 511 g/mol. The van der Waals surface area contributed by atoms with E-state index in [0.717, 1.165) is 14.0 Å². The monoisotopic (exact) mass is 528 g/mol. The molecule has 1 aliphatic heterocycles. The van der Waals surface area contributed by atoms with Crippen molar-refractivity contribution in [1.82, 2.24) is 10.2 Å². The molecule has 0 bridgehead atoms. The van der Waals surface area contributed by atoms with Crippen molar-refractivity contribution in [3.8, 4) is 5.75 Å². The zero-order valence-electron chi connectivity index (χ0n) is 16.2. The molecule has 0 unspecified atom stereocenters. The van der Waals surface area contributed by atoms with Crippen molar-refractivity contribution in [3.05, 3.63) is 93.0 Å². The highest BCUT2D eigenvalue weighted by atomic mass is 127. The Morgan fingerprint density at radius 3 is 2.52 bits per heavy atom. The first kappa shape index (κ1) is 20.9. The Balaban J connectivity index is 1.57. The van der Waals surface area contributed by atoms with E-state index >= 15 is 0 Å². The van der Waals surface area contributed by atoms with E-state index in [1.165, 1.54) is 12.3 Å². The van der Waals surface area contributed by atoms with E-state index in [4.69, 9.17) is 9.15 Å². The molecule has 31 heavy (non-hydrogen) atoms. The van der Waals surface area contributed by atoms with Crippen LogP contribution in [0.3, 0.4) is 0 Å². The second-order valence-corrected chi connectivity index (χ2v) is 7.99. The average molecular weight is 528 g/mol. The van der Waals surface area contributed by atoms with Gasteiger partial charge in [-0.05, 0) is 64.6 Å². The van der Waals surface area contributed by atoms with Crippen molar-refractivity contribution < 1.29 is 23.5 Å². The number of amides is 4. The Hall–Kier alpha value is -3.40. The van der Waals surface area contributed by atoms with Crippen molar-refractivity contribution in [2.45, 2.75) is 13.2 Å². The third-order valence-electron chi connectivity index (χ3n) is 4.61. The van der Waals surface area contributed by atoms with Gasteiger partial charge in [0.1, 0.15) is 23.7 Å². The predicted molar refractivity (Wildman–Crippen MR) is 121 cm³/mol. The number of imide groups is 2. The van der Waals surface area contributed by atoms with Crippen LogP contribution in [0.2, 0.25) is 0 Å². The molecule has 0 spiro atoms. The van der Waals surface area contributed by atoms with Crippen LogP contribution in [0.5, 0.6) is 5.75 Å². The van der Waals surface area contributed by atoms with Gasteiger partial charge < -0.3 is 9.15 Å². The molecule has 1 N–H and O–H groups in total. The van der Waals surface area contributed by atoms with Crippen LogP contribution in [-0.2, 0) is 22.7 Å². The summed E-state index contributed by atoms with van der Waals surface area (Å²) in [6.45, 7) is 0.258. The van der Waals surface area contributed by atoms with Gasteiger partial charge in [-0.2, -0.15) is 0 Å². The molecule has 4 rings (SSSR count). The van der Waals surface area contributed by atoms with Crippen LogP contribution in [0.1, 0.15) is 16.9 Å². The Morgan fingerprint density at radius 2 is 1.77 bits per heavy atom. The van der Waals surface area contributed by atoms with Crippen LogP contribution in [0, 0.1) is 3.57 Å². The fourth-order valence-electron chi connectivity index (χ4n) is 3.02. The summed E-state index contributed by atoms with van der Waals surface area (Å²) in [5, 5.41) is 2.20. The van der Waals surface area contributed by atoms with Gasteiger partial charge in [-0.15, -0.1) is 0 Å². The molecule has 3 aromatic rings. The van der Waals surface area contributed by atoms with Crippen LogP contribution in [0.25, 0.3) is 6.08 Å². The molecule has 1 aliphatic rings. The Kier molecular flexibility index (Phi) is 6.17. The third-order valence-corrected chi connectivity index (χ3v) is 5.33. The van der Waals surface area contributed by atoms with Gasteiger partial charge in [-0.3, -0.25) is 19.8 Å². The molecule has 0 aliphatic carbocycles. The molecule has 8 heteroatoms. The number of hydrogen-bond acceptors (Lipinski definition) is 5. The van der Waals surface area contributed by atoms with Gasteiger partial charge in [-0.1, -0.05) is 30.3 Å². The molecule has 1 fully saturated rings. The number of para-hydroxylation sites is 1. The van der Waals surface area contributed by atoms with Crippen molar-refractivity contribution in [3.63, 3.8) is 0 Å². The number of nitrogens with zero attached hydrogens (tertiary/aromatic N) is 1.